The molecule has 0 saturated heterocycles. The van der Waals surface area contributed by atoms with E-state index in [4.69, 9.17) is 5.73 Å². The molecular weight excluding hydrogens is 220 g/mol. The lowest BCUT2D eigenvalue weighted by Crippen LogP contribution is -2.43. The highest BCUT2D eigenvalue weighted by Crippen LogP contribution is 2.29. The highest BCUT2D eigenvalue weighted by Gasteiger charge is 2.27. The normalized spacial score (nSPS) is 20.1. The highest BCUT2D eigenvalue weighted by atomic mass is 32.2. The van der Waals surface area contributed by atoms with Gasteiger partial charge in [-0.2, -0.15) is 0 Å². The molecule has 0 radical (unpaired) electrons. The van der Waals surface area contributed by atoms with Gasteiger partial charge in [0.1, 0.15) is 5.75 Å². The Labute approximate surface area is 90.3 Å². The SMILES string of the molecule is CC(NS(=O)(=O)CC(N)=S)C1CCC1. The van der Waals surface area contributed by atoms with Gasteiger partial charge >= 0.3 is 0 Å². The van der Waals surface area contributed by atoms with Gasteiger partial charge in [-0.1, -0.05) is 18.6 Å². The molecule has 3 N–H and O–H groups in total. The van der Waals surface area contributed by atoms with Crippen LogP contribution >= 0.6 is 12.2 Å². The van der Waals surface area contributed by atoms with E-state index in [1.54, 1.807) is 0 Å². The van der Waals surface area contributed by atoms with Gasteiger partial charge in [-0.25, -0.2) is 13.1 Å². The zero-order valence-corrected chi connectivity index (χ0v) is 9.83. The van der Waals surface area contributed by atoms with Crippen LogP contribution in [0.1, 0.15) is 26.2 Å². The number of nitrogens with one attached hydrogen (secondary N) is 1. The molecule has 4 nitrogen and oxygen atoms in total. The molecule has 0 aromatic rings. The van der Waals surface area contributed by atoms with Crippen molar-refractivity contribution in [3.05, 3.63) is 0 Å². The van der Waals surface area contributed by atoms with Crippen molar-refractivity contribution in [2.24, 2.45) is 11.7 Å². The third kappa shape index (κ3) is 3.51. The fourth-order valence-corrected chi connectivity index (χ4v) is 3.23. The Morgan fingerprint density at radius 2 is 2.21 bits per heavy atom. The molecule has 0 aliphatic heterocycles. The van der Waals surface area contributed by atoms with Crippen molar-refractivity contribution in [3.63, 3.8) is 0 Å². The van der Waals surface area contributed by atoms with Crippen LogP contribution < -0.4 is 10.5 Å². The summed E-state index contributed by atoms with van der Waals surface area (Å²) in [5, 5.41) is 0. The fourth-order valence-electron chi connectivity index (χ4n) is 1.55. The Hall–Kier alpha value is -0.200. The van der Waals surface area contributed by atoms with Crippen LogP contribution in [0.15, 0.2) is 0 Å². The van der Waals surface area contributed by atoms with Crippen molar-refractivity contribution in [2.45, 2.75) is 32.2 Å². The zero-order valence-electron chi connectivity index (χ0n) is 8.19. The monoisotopic (exact) mass is 236 g/mol. The van der Waals surface area contributed by atoms with Gasteiger partial charge < -0.3 is 5.73 Å². The summed E-state index contributed by atoms with van der Waals surface area (Å²) in [4.78, 5) is 0.0123. The zero-order chi connectivity index (χ0) is 10.8. The van der Waals surface area contributed by atoms with Crippen LogP contribution in [-0.4, -0.2) is 25.2 Å². The van der Waals surface area contributed by atoms with Crippen molar-refractivity contribution in [1.82, 2.24) is 4.72 Å². The summed E-state index contributed by atoms with van der Waals surface area (Å²) in [6.07, 6.45) is 3.42. The van der Waals surface area contributed by atoms with Gasteiger partial charge in [0.15, 0.2) is 0 Å². The molecule has 0 aromatic heterocycles. The molecule has 1 saturated carbocycles. The predicted molar refractivity (Wildman–Crippen MR) is 60.5 cm³/mol. The topological polar surface area (TPSA) is 72.2 Å². The van der Waals surface area contributed by atoms with E-state index in [-0.39, 0.29) is 16.8 Å². The van der Waals surface area contributed by atoms with Crippen molar-refractivity contribution < 1.29 is 8.42 Å². The Balaban J connectivity index is 2.45. The number of hydrogen-bond donors (Lipinski definition) is 2. The van der Waals surface area contributed by atoms with Crippen LogP contribution in [0.2, 0.25) is 0 Å². The molecular formula is C8H16N2O2S2. The third-order valence-corrected chi connectivity index (χ3v) is 4.30. The van der Waals surface area contributed by atoms with Gasteiger partial charge in [0.25, 0.3) is 0 Å². The van der Waals surface area contributed by atoms with Crippen LogP contribution in [0.3, 0.4) is 0 Å². The Bertz CT molecular complexity index is 309. The van der Waals surface area contributed by atoms with Crippen molar-refractivity contribution in [3.8, 4) is 0 Å². The molecule has 6 heteroatoms. The van der Waals surface area contributed by atoms with Crippen LogP contribution in [0.5, 0.6) is 0 Å². The van der Waals surface area contributed by atoms with Gasteiger partial charge in [0.2, 0.25) is 10.0 Å². The largest absolute Gasteiger partial charge is 0.392 e. The number of nitrogens with two attached hydrogens (primary N) is 1. The second kappa shape index (κ2) is 4.55. The minimum atomic E-state index is -3.32. The first kappa shape index (κ1) is 11.9. The first-order valence-electron chi connectivity index (χ1n) is 4.69. The Kier molecular flexibility index (Phi) is 3.86. The molecule has 1 fully saturated rings. The maximum Gasteiger partial charge on any atom is 0.218 e. The summed E-state index contributed by atoms with van der Waals surface area (Å²) in [5.41, 5.74) is 5.19. The summed E-state index contributed by atoms with van der Waals surface area (Å²) in [6, 6.07) is 0.00287. The van der Waals surface area contributed by atoms with Crippen molar-refractivity contribution in [2.75, 3.05) is 5.75 Å². The molecule has 0 bridgehead atoms. The van der Waals surface area contributed by atoms with Gasteiger partial charge in [0, 0.05) is 6.04 Å². The van der Waals surface area contributed by atoms with E-state index in [1.165, 1.54) is 6.42 Å². The van der Waals surface area contributed by atoms with Gasteiger partial charge in [0.05, 0.1) is 4.99 Å². The molecule has 14 heavy (non-hydrogen) atoms. The number of rotatable bonds is 5. The summed E-state index contributed by atoms with van der Waals surface area (Å²) in [6.45, 7) is 1.89. The average Bonchev–Trinajstić information content (AvgIpc) is 1.74. The summed E-state index contributed by atoms with van der Waals surface area (Å²) in [5.74, 6) is 0.232. The van der Waals surface area contributed by atoms with Crippen LogP contribution in [0, 0.1) is 5.92 Å². The molecule has 1 aliphatic carbocycles. The van der Waals surface area contributed by atoms with Gasteiger partial charge in [-0.3, -0.25) is 0 Å². The quantitative estimate of drug-likeness (QED) is 0.677. The van der Waals surface area contributed by atoms with Crippen LogP contribution in [0.25, 0.3) is 0 Å². The first-order chi connectivity index (χ1) is 6.41. The van der Waals surface area contributed by atoms with E-state index in [9.17, 15) is 8.42 Å². The molecule has 1 unspecified atom stereocenters. The summed E-state index contributed by atoms with van der Waals surface area (Å²) >= 11 is 4.56. The Morgan fingerprint density at radius 1 is 1.64 bits per heavy atom. The van der Waals surface area contributed by atoms with Gasteiger partial charge in [-0.15, -0.1) is 0 Å². The smallest absolute Gasteiger partial charge is 0.218 e. The molecule has 0 aromatic carbocycles. The number of sulfonamides is 1. The molecule has 1 aliphatic rings. The second-order valence-electron chi connectivity index (χ2n) is 3.82. The van der Waals surface area contributed by atoms with Gasteiger partial charge in [-0.05, 0) is 25.7 Å². The summed E-state index contributed by atoms with van der Waals surface area (Å²) < 4.78 is 25.4. The maximum atomic E-state index is 11.4. The highest BCUT2D eigenvalue weighted by molar-refractivity contribution is 7.92. The van der Waals surface area contributed by atoms with E-state index in [0.29, 0.717) is 5.92 Å². The van der Waals surface area contributed by atoms with E-state index in [1.807, 2.05) is 6.92 Å². The summed E-state index contributed by atoms with van der Waals surface area (Å²) in [7, 11) is -3.32. The maximum absolute atomic E-state index is 11.4. The number of hydrogen-bond acceptors (Lipinski definition) is 3. The van der Waals surface area contributed by atoms with Crippen LogP contribution in [0.4, 0.5) is 0 Å². The first-order valence-corrected chi connectivity index (χ1v) is 6.75. The lowest BCUT2D eigenvalue weighted by molar-refractivity contribution is 0.260. The average molecular weight is 236 g/mol. The molecule has 82 valence electrons. The second-order valence-corrected chi connectivity index (χ2v) is 6.10. The third-order valence-electron chi connectivity index (χ3n) is 2.55. The molecule has 0 spiro atoms. The molecule has 1 atom stereocenters. The molecule has 0 heterocycles. The van der Waals surface area contributed by atoms with Crippen LogP contribution in [-0.2, 0) is 10.0 Å². The fraction of sp³-hybridized carbons (Fsp3) is 0.875. The number of thiocarbonyl (C=S) groups is 1. The minimum absolute atomic E-state index is 0.00287. The van der Waals surface area contributed by atoms with E-state index >= 15 is 0 Å². The van der Waals surface area contributed by atoms with E-state index in [0.717, 1.165) is 12.8 Å². The predicted octanol–water partition coefficient (Wildman–Crippen LogP) is 0.380. The minimum Gasteiger partial charge on any atom is -0.392 e. The lowest BCUT2D eigenvalue weighted by Gasteiger charge is -2.31. The van der Waals surface area contributed by atoms with E-state index in [2.05, 4.69) is 16.9 Å². The van der Waals surface area contributed by atoms with Crippen molar-refractivity contribution in [1.29, 1.82) is 0 Å². The van der Waals surface area contributed by atoms with E-state index < -0.39 is 10.0 Å². The molecule has 1 rings (SSSR count). The van der Waals surface area contributed by atoms with Crippen molar-refractivity contribution >= 4 is 27.2 Å². The Morgan fingerprint density at radius 3 is 2.57 bits per heavy atom. The molecule has 0 amide bonds. The standard InChI is InChI=1S/C8H16N2O2S2/c1-6(7-3-2-4-7)10-14(11,12)5-8(9)13/h6-7,10H,2-5H2,1H3,(H2,9,13). The lowest BCUT2D eigenvalue weighted by atomic mass is 9.81.